The standard InChI is InChI=1S/C13H25N3O3/c1-4-11(2)15-12(18)7-5-6-8-16(3)13(19)9-14-10-17/h10-11H,4-9H2,1-3H3,(H,14,17)(H,15,18). The fraction of sp³-hybridized carbons (Fsp3) is 0.769. The molecule has 0 aromatic heterocycles. The van der Waals surface area contributed by atoms with Crippen LogP contribution < -0.4 is 10.6 Å². The molecule has 0 aromatic carbocycles. The molecular weight excluding hydrogens is 246 g/mol. The van der Waals surface area contributed by atoms with E-state index in [2.05, 4.69) is 10.6 Å². The molecule has 6 nitrogen and oxygen atoms in total. The number of carbonyl (C=O) groups is 3. The average Bonchev–Trinajstić information content (AvgIpc) is 2.40. The number of hydrogen-bond donors (Lipinski definition) is 2. The highest BCUT2D eigenvalue weighted by molar-refractivity contribution is 5.79. The second-order valence-corrected chi connectivity index (χ2v) is 4.65. The van der Waals surface area contributed by atoms with Gasteiger partial charge >= 0.3 is 0 Å². The highest BCUT2D eigenvalue weighted by atomic mass is 16.2. The summed E-state index contributed by atoms with van der Waals surface area (Å²) in [6, 6.07) is 0.214. The zero-order chi connectivity index (χ0) is 14.7. The molecule has 0 aliphatic rings. The molecule has 0 heterocycles. The number of amides is 3. The summed E-state index contributed by atoms with van der Waals surface area (Å²) >= 11 is 0. The lowest BCUT2D eigenvalue weighted by Gasteiger charge is -2.16. The van der Waals surface area contributed by atoms with E-state index in [1.165, 1.54) is 0 Å². The van der Waals surface area contributed by atoms with E-state index in [0.29, 0.717) is 19.4 Å². The van der Waals surface area contributed by atoms with Crippen LogP contribution in [0.5, 0.6) is 0 Å². The van der Waals surface area contributed by atoms with Crippen LogP contribution in [-0.2, 0) is 14.4 Å². The first-order valence-electron chi connectivity index (χ1n) is 6.71. The van der Waals surface area contributed by atoms with E-state index < -0.39 is 0 Å². The first-order valence-corrected chi connectivity index (χ1v) is 6.71. The second kappa shape index (κ2) is 10.3. The third-order valence-corrected chi connectivity index (χ3v) is 2.93. The minimum Gasteiger partial charge on any atom is -0.354 e. The van der Waals surface area contributed by atoms with Crippen molar-refractivity contribution in [1.29, 1.82) is 0 Å². The highest BCUT2D eigenvalue weighted by Crippen LogP contribution is 1.99. The van der Waals surface area contributed by atoms with Gasteiger partial charge in [-0.2, -0.15) is 0 Å². The van der Waals surface area contributed by atoms with Crippen LogP contribution in [0.2, 0.25) is 0 Å². The molecule has 1 unspecified atom stereocenters. The number of rotatable bonds is 10. The molecule has 0 aliphatic carbocycles. The van der Waals surface area contributed by atoms with Gasteiger partial charge in [0, 0.05) is 26.1 Å². The summed E-state index contributed by atoms with van der Waals surface area (Å²) in [6.45, 7) is 4.62. The highest BCUT2D eigenvalue weighted by Gasteiger charge is 2.08. The van der Waals surface area contributed by atoms with E-state index in [1.807, 2.05) is 13.8 Å². The number of hydrogen-bond acceptors (Lipinski definition) is 3. The second-order valence-electron chi connectivity index (χ2n) is 4.65. The van der Waals surface area contributed by atoms with Crippen molar-refractivity contribution in [1.82, 2.24) is 15.5 Å². The fourth-order valence-electron chi connectivity index (χ4n) is 1.47. The summed E-state index contributed by atoms with van der Waals surface area (Å²) in [7, 11) is 1.69. The first-order chi connectivity index (χ1) is 9.01. The van der Waals surface area contributed by atoms with Gasteiger partial charge in [-0.05, 0) is 26.2 Å². The third kappa shape index (κ3) is 9.04. The van der Waals surface area contributed by atoms with Gasteiger partial charge in [0.05, 0.1) is 6.54 Å². The van der Waals surface area contributed by atoms with Crippen LogP contribution in [0.25, 0.3) is 0 Å². The minimum absolute atomic E-state index is 0.0223. The van der Waals surface area contributed by atoms with E-state index in [4.69, 9.17) is 0 Å². The Labute approximate surface area is 114 Å². The number of nitrogens with zero attached hydrogens (tertiary/aromatic N) is 1. The number of unbranched alkanes of at least 4 members (excludes halogenated alkanes) is 1. The van der Waals surface area contributed by atoms with Gasteiger partial charge in [-0.3, -0.25) is 14.4 Å². The maximum Gasteiger partial charge on any atom is 0.241 e. The molecule has 0 fully saturated rings. The van der Waals surface area contributed by atoms with Gasteiger partial charge in [-0.25, -0.2) is 0 Å². The average molecular weight is 271 g/mol. The Hall–Kier alpha value is -1.59. The Bertz CT molecular complexity index is 295. The molecule has 1 atom stereocenters. The predicted molar refractivity (Wildman–Crippen MR) is 73.5 cm³/mol. The van der Waals surface area contributed by atoms with Crippen LogP contribution in [0.15, 0.2) is 0 Å². The van der Waals surface area contributed by atoms with E-state index >= 15 is 0 Å². The van der Waals surface area contributed by atoms with E-state index in [0.717, 1.165) is 19.3 Å². The lowest BCUT2D eigenvalue weighted by Crippen LogP contribution is -2.35. The molecule has 0 bridgehead atoms. The molecule has 0 saturated heterocycles. The summed E-state index contributed by atoms with van der Waals surface area (Å²) < 4.78 is 0. The quantitative estimate of drug-likeness (QED) is 0.442. The van der Waals surface area contributed by atoms with Gasteiger partial charge in [0.15, 0.2) is 0 Å². The molecule has 0 aliphatic heterocycles. The summed E-state index contributed by atoms with van der Waals surface area (Å²) in [4.78, 5) is 34.5. The fourth-order valence-corrected chi connectivity index (χ4v) is 1.47. The number of carbonyl (C=O) groups excluding carboxylic acids is 3. The minimum atomic E-state index is -0.129. The Morgan fingerprint density at radius 2 is 2.00 bits per heavy atom. The van der Waals surface area contributed by atoms with Crippen LogP contribution in [0.4, 0.5) is 0 Å². The maximum atomic E-state index is 11.5. The normalized spacial score (nSPS) is 11.5. The molecule has 110 valence electrons. The van der Waals surface area contributed by atoms with E-state index in [-0.39, 0.29) is 24.4 Å². The van der Waals surface area contributed by atoms with Crippen LogP contribution in [0, 0.1) is 0 Å². The van der Waals surface area contributed by atoms with Gasteiger partial charge in [0.25, 0.3) is 0 Å². The molecule has 0 spiro atoms. The monoisotopic (exact) mass is 271 g/mol. The SMILES string of the molecule is CCC(C)NC(=O)CCCCN(C)C(=O)CNC=O. The third-order valence-electron chi connectivity index (χ3n) is 2.93. The molecule has 0 radical (unpaired) electrons. The molecular formula is C13H25N3O3. The zero-order valence-electron chi connectivity index (χ0n) is 12.1. The molecule has 2 N–H and O–H groups in total. The molecule has 6 heteroatoms. The summed E-state index contributed by atoms with van der Waals surface area (Å²) in [5, 5.41) is 5.23. The Morgan fingerprint density at radius 3 is 2.58 bits per heavy atom. The van der Waals surface area contributed by atoms with Gasteiger partial charge < -0.3 is 15.5 Å². The molecule has 0 aromatic rings. The summed E-state index contributed by atoms with van der Waals surface area (Å²) in [6.07, 6.45) is 3.44. The van der Waals surface area contributed by atoms with Crippen LogP contribution in [0.1, 0.15) is 39.5 Å². The van der Waals surface area contributed by atoms with Crippen molar-refractivity contribution in [2.24, 2.45) is 0 Å². The predicted octanol–water partition coefficient (Wildman–Crippen LogP) is 0.276. The molecule has 19 heavy (non-hydrogen) atoms. The van der Waals surface area contributed by atoms with Crippen LogP contribution in [0.3, 0.4) is 0 Å². The van der Waals surface area contributed by atoms with Gasteiger partial charge in [-0.15, -0.1) is 0 Å². The van der Waals surface area contributed by atoms with Crippen LogP contribution >= 0.6 is 0 Å². The van der Waals surface area contributed by atoms with E-state index in [9.17, 15) is 14.4 Å². The van der Waals surface area contributed by atoms with Crippen molar-refractivity contribution >= 4 is 18.2 Å². The van der Waals surface area contributed by atoms with Crippen molar-refractivity contribution in [2.75, 3.05) is 20.1 Å². The lowest BCUT2D eigenvalue weighted by molar-refractivity contribution is -0.130. The van der Waals surface area contributed by atoms with Gasteiger partial charge in [0.1, 0.15) is 0 Å². The Kier molecular flexibility index (Phi) is 9.48. The maximum absolute atomic E-state index is 11.5. The first kappa shape index (κ1) is 17.4. The molecule has 3 amide bonds. The number of likely N-dealkylation sites (N-methyl/N-ethyl adjacent to an activating group) is 1. The Balaban J connectivity index is 3.65. The summed E-state index contributed by atoms with van der Waals surface area (Å²) in [5.41, 5.74) is 0. The smallest absolute Gasteiger partial charge is 0.241 e. The van der Waals surface area contributed by atoms with Crippen molar-refractivity contribution < 1.29 is 14.4 Å². The van der Waals surface area contributed by atoms with Crippen molar-refractivity contribution in [2.45, 2.75) is 45.6 Å². The topological polar surface area (TPSA) is 78.5 Å². The summed E-state index contributed by atoms with van der Waals surface area (Å²) in [5.74, 6) is -0.0675. The molecule has 0 saturated carbocycles. The van der Waals surface area contributed by atoms with Crippen molar-refractivity contribution in [3.8, 4) is 0 Å². The largest absolute Gasteiger partial charge is 0.354 e. The van der Waals surface area contributed by atoms with Crippen LogP contribution in [-0.4, -0.2) is 49.3 Å². The lowest BCUT2D eigenvalue weighted by atomic mass is 10.2. The van der Waals surface area contributed by atoms with Crippen molar-refractivity contribution in [3.63, 3.8) is 0 Å². The molecule has 0 rings (SSSR count). The van der Waals surface area contributed by atoms with Crippen molar-refractivity contribution in [3.05, 3.63) is 0 Å². The zero-order valence-corrected chi connectivity index (χ0v) is 12.1. The number of nitrogens with one attached hydrogen (secondary N) is 2. The Morgan fingerprint density at radius 1 is 1.32 bits per heavy atom. The van der Waals surface area contributed by atoms with E-state index in [1.54, 1.807) is 11.9 Å². The van der Waals surface area contributed by atoms with Gasteiger partial charge in [-0.1, -0.05) is 6.92 Å². The van der Waals surface area contributed by atoms with Gasteiger partial charge in [0.2, 0.25) is 18.2 Å².